The molecule has 2 fully saturated rings. The van der Waals surface area contributed by atoms with Crippen molar-refractivity contribution in [3.8, 4) is 0 Å². The van der Waals surface area contributed by atoms with Gasteiger partial charge in [-0.1, -0.05) is 32.1 Å². The fourth-order valence-electron chi connectivity index (χ4n) is 3.44. The molecule has 0 aromatic rings. The molecular weight excluding hydrogens is 268 g/mol. The second-order valence-electron chi connectivity index (χ2n) is 6.51. The Labute approximate surface area is 126 Å². The van der Waals surface area contributed by atoms with Gasteiger partial charge in [-0.15, -0.1) is 0 Å². The fraction of sp³-hybridized carbons (Fsp3) is 0.875. The molecule has 3 N–H and O–H groups in total. The fourth-order valence-corrected chi connectivity index (χ4v) is 3.44. The molecule has 2 atom stereocenters. The molecule has 0 spiro atoms. The lowest BCUT2D eigenvalue weighted by molar-refractivity contribution is -0.127. The highest BCUT2D eigenvalue weighted by Gasteiger charge is 2.24. The van der Waals surface area contributed by atoms with Crippen molar-refractivity contribution in [3.63, 3.8) is 0 Å². The van der Waals surface area contributed by atoms with E-state index in [0.29, 0.717) is 12.3 Å². The zero-order chi connectivity index (χ0) is 15.1. The van der Waals surface area contributed by atoms with Crippen LogP contribution in [0.15, 0.2) is 0 Å². The second-order valence-corrected chi connectivity index (χ2v) is 6.51. The van der Waals surface area contributed by atoms with E-state index < -0.39 is 6.10 Å². The summed E-state index contributed by atoms with van der Waals surface area (Å²) >= 11 is 0. The van der Waals surface area contributed by atoms with Crippen molar-refractivity contribution in [2.75, 3.05) is 6.54 Å². The Kier molecular flexibility index (Phi) is 6.49. The molecule has 0 radical (unpaired) electrons. The molecule has 0 aliphatic heterocycles. The van der Waals surface area contributed by atoms with Crippen LogP contribution >= 0.6 is 0 Å². The normalized spacial score (nSPS) is 27.1. The van der Waals surface area contributed by atoms with Crippen LogP contribution in [0.4, 0.5) is 0 Å². The van der Waals surface area contributed by atoms with Gasteiger partial charge in [0.15, 0.2) is 0 Å². The number of nitrogens with one attached hydrogen (secondary N) is 2. The standard InChI is InChI=1S/C16H28N2O3/c19-14-9-5-4-8-13(14)18-16(21)11-17-15(20)10-12-6-2-1-3-7-12/h12-14,19H,1-11H2,(H,17,20)(H,18,21). The molecule has 2 unspecified atom stereocenters. The Morgan fingerprint density at radius 1 is 0.905 bits per heavy atom. The number of amides is 2. The van der Waals surface area contributed by atoms with Gasteiger partial charge < -0.3 is 15.7 Å². The maximum Gasteiger partial charge on any atom is 0.239 e. The van der Waals surface area contributed by atoms with Crippen molar-refractivity contribution >= 4 is 11.8 Å². The van der Waals surface area contributed by atoms with E-state index in [1.807, 2.05) is 0 Å². The monoisotopic (exact) mass is 296 g/mol. The van der Waals surface area contributed by atoms with Crippen molar-refractivity contribution in [1.29, 1.82) is 0 Å². The van der Waals surface area contributed by atoms with Crippen LogP contribution in [-0.2, 0) is 9.59 Å². The predicted molar refractivity (Wildman–Crippen MR) is 80.6 cm³/mol. The van der Waals surface area contributed by atoms with E-state index >= 15 is 0 Å². The topological polar surface area (TPSA) is 78.4 Å². The van der Waals surface area contributed by atoms with Crippen molar-refractivity contribution in [3.05, 3.63) is 0 Å². The minimum Gasteiger partial charge on any atom is -0.391 e. The summed E-state index contributed by atoms with van der Waals surface area (Å²) in [6.07, 6.45) is 9.71. The van der Waals surface area contributed by atoms with E-state index in [1.54, 1.807) is 0 Å². The van der Waals surface area contributed by atoms with E-state index in [1.165, 1.54) is 19.3 Å². The van der Waals surface area contributed by atoms with Gasteiger partial charge in [-0.2, -0.15) is 0 Å². The number of hydrogen-bond acceptors (Lipinski definition) is 3. The van der Waals surface area contributed by atoms with Crippen LogP contribution in [0.25, 0.3) is 0 Å². The Bertz CT molecular complexity index is 353. The molecule has 5 heteroatoms. The number of carbonyl (C=O) groups excluding carboxylic acids is 2. The van der Waals surface area contributed by atoms with Gasteiger partial charge in [0.25, 0.3) is 0 Å². The van der Waals surface area contributed by atoms with Gasteiger partial charge in [-0.05, 0) is 31.6 Å². The smallest absolute Gasteiger partial charge is 0.239 e. The summed E-state index contributed by atoms with van der Waals surface area (Å²) in [7, 11) is 0. The highest BCUT2D eigenvalue weighted by atomic mass is 16.3. The van der Waals surface area contributed by atoms with Crippen molar-refractivity contribution < 1.29 is 14.7 Å². The van der Waals surface area contributed by atoms with Crippen LogP contribution in [0.3, 0.4) is 0 Å². The number of aliphatic hydroxyl groups excluding tert-OH is 1. The maximum atomic E-state index is 11.8. The number of hydrogen-bond donors (Lipinski definition) is 3. The number of aliphatic hydroxyl groups is 1. The highest BCUT2D eigenvalue weighted by molar-refractivity contribution is 5.84. The van der Waals surface area contributed by atoms with Gasteiger partial charge >= 0.3 is 0 Å². The molecule has 2 aliphatic carbocycles. The van der Waals surface area contributed by atoms with E-state index in [2.05, 4.69) is 10.6 Å². The number of carbonyl (C=O) groups is 2. The van der Waals surface area contributed by atoms with Gasteiger partial charge in [-0.25, -0.2) is 0 Å². The van der Waals surface area contributed by atoms with Crippen molar-refractivity contribution in [1.82, 2.24) is 10.6 Å². The number of rotatable bonds is 5. The van der Waals surface area contributed by atoms with E-state index in [0.717, 1.165) is 38.5 Å². The molecule has 2 aliphatic rings. The van der Waals surface area contributed by atoms with Crippen LogP contribution in [-0.4, -0.2) is 35.6 Å². The quantitative estimate of drug-likeness (QED) is 0.719. The average Bonchev–Trinajstić information content (AvgIpc) is 2.49. The van der Waals surface area contributed by atoms with Crippen LogP contribution < -0.4 is 10.6 Å². The Balaban J connectivity index is 1.62. The molecular formula is C16H28N2O3. The first-order valence-corrected chi connectivity index (χ1v) is 8.39. The van der Waals surface area contributed by atoms with Crippen LogP contribution in [0, 0.1) is 5.92 Å². The molecule has 2 saturated carbocycles. The van der Waals surface area contributed by atoms with Crippen molar-refractivity contribution in [2.45, 2.75) is 76.4 Å². The average molecular weight is 296 g/mol. The molecule has 0 aromatic carbocycles. The first-order valence-electron chi connectivity index (χ1n) is 8.39. The maximum absolute atomic E-state index is 11.8. The molecule has 0 heterocycles. The lowest BCUT2D eigenvalue weighted by Gasteiger charge is -2.28. The Hall–Kier alpha value is -1.10. The molecule has 0 saturated heterocycles. The summed E-state index contributed by atoms with van der Waals surface area (Å²) in [5.41, 5.74) is 0. The summed E-state index contributed by atoms with van der Waals surface area (Å²) in [5.74, 6) is 0.265. The summed E-state index contributed by atoms with van der Waals surface area (Å²) < 4.78 is 0. The molecule has 0 aromatic heterocycles. The largest absolute Gasteiger partial charge is 0.391 e. The summed E-state index contributed by atoms with van der Waals surface area (Å²) in [6.45, 7) is 0.0226. The van der Waals surface area contributed by atoms with Crippen LogP contribution in [0.5, 0.6) is 0 Å². The molecule has 2 amide bonds. The molecule has 5 nitrogen and oxygen atoms in total. The van der Waals surface area contributed by atoms with Gasteiger partial charge in [0.2, 0.25) is 11.8 Å². The van der Waals surface area contributed by atoms with Gasteiger partial charge in [0.05, 0.1) is 18.7 Å². The third-order valence-corrected chi connectivity index (χ3v) is 4.72. The van der Waals surface area contributed by atoms with Gasteiger partial charge in [-0.3, -0.25) is 9.59 Å². The minimum atomic E-state index is -0.444. The molecule has 21 heavy (non-hydrogen) atoms. The van der Waals surface area contributed by atoms with E-state index in [4.69, 9.17) is 0 Å². The zero-order valence-electron chi connectivity index (χ0n) is 12.8. The predicted octanol–water partition coefficient (Wildman–Crippen LogP) is 1.49. The Morgan fingerprint density at radius 2 is 1.57 bits per heavy atom. The van der Waals surface area contributed by atoms with Gasteiger partial charge in [0, 0.05) is 6.42 Å². The van der Waals surface area contributed by atoms with Gasteiger partial charge in [0.1, 0.15) is 0 Å². The minimum absolute atomic E-state index is 0.0226. The van der Waals surface area contributed by atoms with Crippen molar-refractivity contribution in [2.24, 2.45) is 5.92 Å². The first kappa shape index (κ1) is 16.3. The summed E-state index contributed by atoms with van der Waals surface area (Å²) in [6, 6.07) is -0.151. The lowest BCUT2D eigenvalue weighted by atomic mass is 9.87. The van der Waals surface area contributed by atoms with Crippen LogP contribution in [0.2, 0.25) is 0 Å². The molecule has 0 bridgehead atoms. The van der Waals surface area contributed by atoms with E-state index in [-0.39, 0.29) is 24.4 Å². The van der Waals surface area contributed by atoms with Crippen LogP contribution in [0.1, 0.15) is 64.2 Å². The summed E-state index contributed by atoms with van der Waals surface area (Å²) in [4.78, 5) is 23.6. The second kappa shape index (κ2) is 8.37. The van der Waals surface area contributed by atoms with E-state index in [9.17, 15) is 14.7 Å². The zero-order valence-corrected chi connectivity index (χ0v) is 12.8. The first-order chi connectivity index (χ1) is 10.1. The third-order valence-electron chi connectivity index (χ3n) is 4.72. The third kappa shape index (κ3) is 5.65. The summed E-state index contributed by atoms with van der Waals surface area (Å²) in [5, 5.41) is 15.3. The molecule has 120 valence electrons. The Morgan fingerprint density at radius 3 is 2.29 bits per heavy atom. The molecule has 2 rings (SSSR count). The lowest BCUT2D eigenvalue weighted by Crippen LogP contribution is -2.48. The highest BCUT2D eigenvalue weighted by Crippen LogP contribution is 2.26. The SMILES string of the molecule is O=C(CC1CCCCC1)NCC(=O)NC1CCCCC1O.